The van der Waals surface area contributed by atoms with Crippen LogP contribution in [0.25, 0.3) is 0 Å². The van der Waals surface area contributed by atoms with Crippen molar-refractivity contribution in [2.75, 3.05) is 0 Å². The van der Waals surface area contributed by atoms with Gasteiger partial charge in [-0.2, -0.15) is 0 Å². The normalized spacial score (nSPS) is 12.1. The quantitative estimate of drug-likeness (QED) is 0.756. The van der Waals surface area contributed by atoms with E-state index in [9.17, 15) is 4.79 Å². The van der Waals surface area contributed by atoms with Crippen LogP contribution < -0.4 is 0 Å². The zero-order valence-electron chi connectivity index (χ0n) is 13.3. The first kappa shape index (κ1) is 16.2. The third-order valence-corrected chi connectivity index (χ3v) is 3.30. The molecule has 0 radical (unpaired) electrons. The van der Waals surface area contributed by atoms with Crippen molar-refractivity contribution in [2.45, 2.75) is 54.3 Å². The van der Waals surface area contributed by atoms with E-state index >= 15 is 0 Å². The molecule has 19 heavy (non-hydrogen) atoms. The van der Waals surface area contributed by atoms with Crippen LogP contribution in [0.5, 0.6) is 0 Å². The van der Waals surface area contributed by atoms with E-state index < -0.39 is 0 Å². The molecule has 1 rings (SSSR count). The second-order valence-corrected chi connectivity index (χ2v) is 7.68. The van der Waals surface area contributed by atoms with Crippen LogP contribution in [0, 0.1) is 10.8 Å². The van der Waals surface area contributed by atoms with Crippen molar-refractivity contribution in [3.63, 3.8) is 0 Å². The van der Waals surface area contributed by atoms with E-state index in [0.29, 0.717) is 13.0 Å². The second kappa shape index (κ2) is 6.07. The van der Waals surface area contributed by atoms with Gasteiger partial charge in [-0.3, -0.25) is 0 Å². The summed E-state index contributed by atoms with van der Waals surface area (Å²) < 4.78 is 0. The standard InChI is InChI=1S/C16H26B2O/c1-15(2,3)10-13-12(8-7-9-17-13)11-18-14(19)16(4,5)6/h7-9,18H,10-11H2,1-6H3. The van der Waals surface area contributed by atoms with Gasteiger partial charge in [0.05, 0.1) is 0 Å². The molecule has 0 aliphatic heterocycles. The molecule has 3 heteroatoms. The molecule has 0 atom stereocenters. The van der Waals surface area contributed by atoms with Crippen molar-refractivity contribution >= 4 is 19.9 Å². The van der Waals surface area contributed by atoms with Crippen molar-refractivity contribution in [1.82, 2.24) is 0 Å². The van der Waals surface area contributed by atoms with Crippen molar-refractivity contribution in [1.29, 1.82) is 0 Å². The van der Waals surface area contributed by atoms with Gasteiger partial charge >= 0.3 is 119 Å². The maximum atomic E-state index is 12.0. The summed E-state index contributed by atoms with van der Waals surface area (Å²) in [6, 6.07) is 4.24. The van der Waals surface area contributed by atoms with Gasteiger partial charge < -0.3 is 0 Å². The molecule has 1 nitrogen and oxygen atoms in total. The molecule has 0 saturated heterocycles. The topological polar surface area (TPSA) is 17.1 Å². The predicted octanol–water partition coefficient (Wildman–Crippen LogP) is 3.12. The predicted molar refractivity (Wildman–Crippen MR) is 86.3 cm³/mol. The average molecular weight is 256 g/mol. The third-order valence-electron chi connectivity index (χ3n) is 3.30. The molecule has 0 aliphatic rings. The van der Waals surface area contributed by atoms with E-state index in [4.69, 9.17) is 0 Å². The van der Waals surface area contributed by atoms with E-state index in [1.54, 1.807) is 0 Å². The fraction of sp³-hybridized carbons (Fsp3) is 0.625. The molecule has 0 amide bonds. The van der Waals surface area contributed by atoms with Crippen LogP contribution in [-0.2, 0) is 17.5 Å². The molecule has 1 heterocycles. The fourth-order valence-electron chi connectivity index (χ4n) is 2.17. The molecule has 1 aromatic heterocycles. The zero-order chi connectivity index (χ0) is 14.7. The number of carbonyl (C=O) groups is 1. The molecule has 0 bridgehead atoms. The monoisotopic (exact) mass is 256 g/mol. The number of rotatable bonds is 4. The van der Waals surface area contributed by atoms with E-state index in [1.165, 1.54) is 11.0 Å². The molecule has 0 fully saturated rings. The zero-order valence-corrected chi connectivity index (χ0v) is 13.3. The van der Waals surface area contributed by atoms with Gasteiger partial charge in [-0.15, -0.1) is 0 Å². The number of hydrogen-bond donors (Lipinski definition) is 0. The molecule has 0 aromatic carbocycles. The van der Waals surface area contributed by atoms with Crippen molar-refractivity contribution in [3.05, 3.63) is 29.1 Å². The maximum absolute atomic E-state index is 12.0. The summed E-state index contributed by atoms with van der Waals surface area (Å²) in [6.07, 6.45) is 1.93. The van der Waals surface area contributed by atoms with E-state index in [-0.39, 0.29) is 10.8 Å². The Kier molecular flexibility index (Phi) is 5.18. The molecule has 0 saturated carbocycles. The Bertz CT molecular complexity index is 439. The van der Waals surface area contributed by atoms with Crippen LogP contribution in [0.15, 0.2) is 18.1 Å². The molecule has 0 aliphatic carbocycles. The third kappa shape index (κ3) is 5.76. The first-order chi connectivity index (χ1) is 8.59. The summed E-state index contributed by atoms with van der Waals surface area (Å²) in [5.74, 6) is 2.09. The van der Waals surface area contributed by atoms with Crippen molar-refractivity contribution in [3.8, 4) is 0 Å². The van der Waals surface area contributed by atoms with Gasteiger partial charge in [0.15, 0.2) is 0 Å². The molecular formula is C16H26B2O. The number of hydrogen-bond acceptors (Lipinski definition) is 1. The van der Waals surface area contributed by atoms with Crippen LogP contribution in [0.2, 0.25) is 0 Å². The van der Waals surface area contributed by atoms with E-state index in [2.05, 4.69) is 45.8 Å². The first-order valence-corrected chi connectivity index (χ1v) is 7.20. The van der Waals surface area contributed by atoms with E-state index in [0.717, 1.165) is 12.7 Å². The summed E-state index contributed by atoms with van der Waals surface area (Å²) in [4.78, 5) is 12.0. The van der Waals surface area contributed by atoms with Crippen LogP contribution >= 0.6 is 0 Å². The molecule has 0 N–H and O–H groups in total. The van der Waals surface area contributed by atoms with Gasteiger partial charge in [-0.05, 0) is 0 Å². The minimum absolute atomic E-state index is 0.223. The van der Waals surface area contributed by atoms with Gasteiger partial charge in [-0.25, -0.2) is 0 Å². The summed E-state index contributed by atoms with van der Waals surface area (Å²) in [7, 11) is 0.644. The van der Waals surface area contributed by atoms with Gasteiger partial charge in [-0.1, -0.05) is 0 Å². The molecular weight excluding hydrogens is 230 g/mol. The first-order valence-electron chi connectivity index (χ1n) is 7.20. The minimum atomic E-state index is -0.223. The fourth-order valence-corrected chi connectivity index (χ4v) is 2.17. The summed E-state index contributed by atoms with van der Waals surface area (Å²) in [5.41, 5.74) is 3.12. The average Bonchev–Trinajstić information content (AvgIpc) is 2.24. The van der Waals surface area contributed by atoms with Crippen LogP contribution in [0.1, 0.15) is 52.6 Å². The molecule has 0 unspecified atom stereocenters. The Labute approximate surface area is 119 Å². The molecule has 0 spiro atoms. The van der Waals surface area contributed by atoms with Gasteiger partial charge in [0.1, 0.15) is 0 Å². The molecule has 102 valence electrons. The van der Waals surface area contributed by atoms with Crippen LogP contribution in [0.4, 0.5) is 0 Å². The Morgan fingerprint density at radius 3 is 2.37 bits per heavy atom. The molecule has 1 aromatic rings. The second-order valence-electron chi connectivity index (χ2n) is 7.68. The van der Waals surface area contributed by atoms with Gasteiger partial charge in [0, 0.05) is 0 Å². The SMILES string of the molecule is CC(C)(C)Cc1bcccc1CBC(=O)C(C)(C)C. The Morgan fingerprint density at radius 1 is 1.21 bits per heavy atom. The number of carbonyl (C=O) groups excluding carboxylic acids is 1. The van der Waals surface area contributed by atoms with Crippen molar-refractivity contribution < 1.29 is 4.79 Å². The van der Waals surface area contributed by atoms with Crippen molar-refractivity contribution in [2.24, 2.45) is 10.8 Å². The van der Waals surface area contributed by atoms with Crippen LogP contribution in [0.3, 0.4) is 0 Å². The Morgan fingerprint density at radius 2 is 1.84 bits per heavy atom. The summed E-state index contributed by atoms with van der Waals surface area (Å²) in [6.45, 7) is 14.9. The Hall–Kier alpha value is -0.850. The summed E-state index contributed by atoms with van der Waals surface area (Å²) in [5, 5.41) is 0. The van der Waals surface area contributed by atoms with Gasteiger partial charge in [0.2, 0.25) is 0 Å². The van der Waals surface area contributed by atoms with Gasteiger partial charge in [0.25, 0.3) is 0 Å². The summed E-state index contributed by atoms with van der Waals surface area (Å²) >= 11 is 0. The van der Waals surface area contributed by atoms with E-state index in [1.807, 2.05) is 20.8 Å². The Balaban J connectivity index is 2.77. The van der Waals surface area contributed by atoms with Crippen LogP contribution in [-0.4, -0.2) is 19.9 Å².